The van der Waals surface area contributed by atoms with Crippen molar-refractivity contribution in [2.45, 2.75) is 20.8 Å². The summed E-state index contributed by atoms with van der Waals surface area (Å²) in [5.74, 6) is 0. The zero-order valence-corrected chi connectivity index (χ0v) is 11.5. The molecule has 6 nitrogen and oxygen atoms in total. The van der Waals surface area contributed by atoms with E-state index in [1.165, 1.54) is 6.92 Å². The Hall–Kier alpha value is 0.0400. The normalized spacial score (nSPS) is 15.8. The summed E-state index contributed by atoms with van der Waals surface area (Å²) in [6.07, 6.45) is 0. The van der Waals surface area contributed by atoms with Gasteiger partial charge in [-0.15, -0.1) is 0 Å². The van der Waals surface area contributed by atoms with Crippen LogP contribution in [-0.4, -0.2) is 19.8 Å². The highest BCUT2D eigenvalue weighted by Gasteiger charge is 2.35. The van der Waals surface area contributed by atoms with E-state index in [1.807, 2.05) is 0 Å². The Labute approximate surface area is 95.7 Å². The van der Waals surface area contributed by atoms with Gasteiger partial charge < -0.3 is 23.0 Å². The maximum atomic E-state index is 12.0. The molecule has 0 aromatic rings. The summed E-state index contributed by atoms with van der Waals surface area (Å²) in [5, 5.41) is -0.634. The molecule has 0 spiro atoms. The SMILES string of the molecule is C=C(P(=O)([O-])OCC)P(=O)(OCC)OCC. The molecule has 0 rings (SSSR count). The van der Waals surface area contributed by atoms with Gasteiger partial charge in [0, 0.05) is 0 Å². The van der Waals surface area contributed by atoms with Crippen molar-refractivity contribution in [1.29, 1.82) is 0 Å². The van der Waals surface area contributed by atoms with Crippen LogP contribution in [0.2, 0.25) is 0 Å². The Bertz CT molecular complexity index is 316. The van der Waals surface area contributed by atoms with Crippen LogP contribution in [0.25, 0.3) is 0 Å². The second-order valence-corrected chi connectivity index (χ2v) is 6.86. The summed E-state index contributed by atoms with van der Waals surface area (Å²) in [5.41, 5.74) is 0. The molecule has 0 heterocycles. The molecule has 0 saturated heterocycles. The first kappa shape index (κ1) is 16.0. The summed E-state index contributed by atoms with van der Waals surface area (Å²) in [6, 6.07) is 0. The minimum atomic E-state index is -4.42. The van der Waals surface area contributed by atoms with Crippen LogP contribution >= 0.6 is 15.2 Å². The third-order valence-electron chi connectivity index (χ3n) is 1.53. The van der Waals surface area contributed by atoms with Crippen molar-refractivity contribution in [3.05, 3.63) is 11.6 Å². The number of rotatable bonds is 8. The first-order valence-electron chi connectivity index (χ1n) is 4.88. The Morgan fingerprint density at radius 1 is 1.06 bits per heavy atom. The van der Waals surface area contributed by atoms with E-state index in [0.717, 1.165) is 0 Å². The Balaban J connectivity index is 5.02. The first-order valence-corrected chi connectivity index (χ1v) is 7.97. The zero-order chi connectivity index (χ0) is 12.8. The largest absolute Gasteiger partial charge is 0.775 e. The van der Waals surface area contributed by atoms with Crippen molar-refractivity contribution in [3.63, 3.8) is 0 Å². The highest BCUT2D eigenvalue weighted by molar-refractivity contribution is 7.77. The van der Waals surface area contributed by atoms with Crippen molar-refractivity contribution < 1.29 is 27.6 Å². The van der Waals surface area contributed by atoms with Gasteiger partial charge >= 0.3 is 7.60 Å². The fraction of sp³-hybridized carbons (Fsp3) is 0.750. The summed E-state index contributed by atoms with van der Waals surface area (Å²) < 4.78 is 37.7. The molecule has 0 amide bonds. The van der Waals surface area contributed by atoms with Gasteiger partial charge in [-0.05, 0) is 20.8 Å². The fourth-order valence-corrected chi connectivity index (χ4v) is 4.18. The summed E-state index contributed by atoms with van der Waals surface area (Å²) in [6.45, 7) is 7.96. The molecule has 8 heteroatoms. The van der Waals surface area contributed by atoms with Crippen molar-refractivity contribution in [1.82, 2.24) is 0 Å². The van der Waals surface area contributed by atoms with Gasteiger partial charge in [-0.3, -0.25) is 4.57 Å². The van der Waals surface area contributed by atoms with E-state index in [9.17, 15) is 14.0 Å². The van der Waals surface area contributed by atoms with Crippen molar-refractivity contribution in [2.75, 3.05) is 19.8 Å². The van der Waals surface area contributed by atoms with E-state index in [-0.39, 0.29) is 19.8 Å². The lowest BCUT2D eigenvalue weighted by Gasteiger charge is -2.28. The van der Waals surface area contributed by atoms with Gasteiger partial charge in [0.05, 0.1) is 19.8 Å². The van der Waals surface area contributed by atoms with Gasteiger partial charge in [0.25, 0.3) is 0 Å². The van der Waals surface area contributed by atoms with Gasteiger partial charge in [-0.25, -0.2) is 0 Å². The first-order chi connectivity index (χ1) is 7.34. The van der Waals surface area contributed by atoms with Crippen LogP contribution in [0.3, 0.4) is 0 Å². The Morgan fingerprint density at radius 3 is 1.75 bits per heavy atom. The molecule has 0 bridgehead atoms. The monoisotopic (exact) mass is 271 g/mol. The van der Waals surface area contributed by atoms with E-state index >= 15 is 0 Å². The van der Waals surface area contributed by atoms with Gasteiger partial charge in [0.15, 0.2) is 7.60 Å². The molecule has 0 aliphatic rings. The van der Waals surface area contributed by atoms with Crippen LogP contribution in [-0.2, 0) is 22.7 Å². The molecule has 0 aliphatic carbocycles. The van der Waals surface area contributed by atoms with Crippen LogP contribution in [0.5, 0.6) is 0 Å². The second kappa shape index (κ2) is 6.70. The Morgan fingerprint density at radius 2 is 1.44 bits per heavy atom. The molecule has 0 radical (unpaired) electrons. The quantitative estimate of drug-likeness (QED) is 0.630. The minimum Gasteiger partial charge on any atom is -0.775 e. The molecule has 0 N–H and O–H groups in total. The van der Waals surface area contributed by atoms with Gasteiger partial charge in [0.1, 0.15) is 5.06 Å². The molecule has 0 aliphatic heterocycles. The minimum absolute atomic E-state index is 0.0575. The molecule has 0 aromatic carbocycles. The molecule has 0 aromatic heterocycles. The van der Waals surface area contributed by atoms with E-state index < -0.39 is 20.2 Å². The molecule has 0 saturated carbocycles. The predicted octanol–water partition coefficient (Wildman–Crippen LogP) is 2.31. The lowest BCUT2D eigenvalue weighted by Crippen LogP contribution is -2.09. The third kappa shape index (κ3) is 4.13. The average Bonchev–Trinajstić information content (AvgIpc) is 2.17. The van der Waals surface area contributed by atoms with Crippen molar-refractivity contribution >= 4 is 15.2 Å². The molecule has 96 valence electrons. The highest BCUT2D eigenvalue weighted by atomic mass is 31.2. The average molecular weight is 271 g/mol. The summed E-state index contributed by atoms with van der Waals surface area (Å²) in [4.78, 5) is 11.5. The molecular formula is C8H17O6P2-. The second-order valence-electron chi connectivity index (χ2n) is 2.66. The Kier molecular flexibility index (Phi) is 6.71. The van der Waals surface area contributed by atoms with Crippen LogP contribution in [0.1, 0.15) is 20.8 Å². The van der Waals surface area contributed by atoms with Gasteiger partial charge in [0.2, 0.25) is 0 Å². The lowest BCUT2D eigenvalue weighted by atomic mass is 10.9. The summed E-state index contributed by atoms with van der Waals surface area (Å²) >= 11 is 0. The molecule has 0 fully saturated rings. The molecule has 16 heavy (non-hydrogen) atoms. The third-order valence-corrected chi connectivity index (χ3v) is 6.06. The van der Waals surface area contributed by atoms with Gasteiger partial charge in [-0.1, -0.05) is 6.58 Å². The smallest absolute Gasteiger partial charge is 0.365 e. The number of hydrogen-bond acceptors (Lipinski definition) is 6. The number of hydrogen-bond donors (Lipinski definition) is 0. The van der Waals surface area contributed by atoms with Crippen molar-refractivity contribution in [3.8, 4) is 0 Å². The van der Waals surface area contributed by atoms with Crippen molar-refractivity contribution in [2.24, 2.45) is 0 Å². The topological polar surface area (TPSA) is 84.9 Å². The maximum absolute atomic E-state index is 12.0. The zero-order valence-electron chi connectivity index (χ0n) is 9.67. The van der Waals surface area contributed by atoms with Crippen LogP contribution < -0.4 is 4.89 Å². The predicted molar refractivity (Wildman–Crippen MR) is 59.2 cm³/mol. The van der Waals surface area contributed by atoms with E-state index in [4.69, 9.17) is 9.05 Å². The maximum Gasteiger partial charge on any atom is 0.365 e. The van der Waals surface area contributed by atoms with Gasteiger partial charge in [-0.2, -0.15) is 0 Å². The van der Waals surface area contributed by atoms with Crippen LogP contribution in [0, 0.1) is 0 Å². The van der Waals surface area contributed by atoms with Crippen LogP contribution in [0.4, 0.5) is 0 Å². The molecular weight excluding hydrogens is 254 g/mol. The van der Waals surface area contributed by atoms with E-state index in [2.05, 4.69) is 11.1 Å². The van der Waals surface area contributed by atoms with E-state index in [1.54, 1.807) is 13.8 Å². The summed E-state index contributed by atoms with van der Waals surface area (Å²) in [7, 11) is -8.28. The van der Waals surface area contributed by atoms with E-state index in [0.29, 0.717) is 0 Å². The standard InChI is InChI=1S/C8H18O6P2/c1-5-12-15(9,10)8(4)16(11,13-6-2)14-7-3/h4-7H2,1-3H3,(H,9,10)/p-1. The fourth-order valence-electron chi connectivity index (χ4n) is 0.921. The highest BCUT2D eigenvalue weighted by Crippen LogP contribution is 2.68. The molecule has 1 atom stereocenters. The lowest BCUT2D eigenvalue weighted by molar-refractivity contribution is -0.194. The van der Waals surface area contributed by atoms with Crippen LogP contribution in [0.15, 0.2) is 11.6 Å². The molecule has 1 unspecified atom stereocenters.